The number of halogens is 2. The summed E-state index contributed by atoms with van der Waals surface area (Å²) in [6, 6.07) is 20.4. The van der Waals surface area contributed by atoms with Crippen LogP contribution in [-0.2, 0) is 16.0 Å². The van der Waals surface area contributed by atoms with Gasteiger partial charge in [-0.3, -0.25) is 14.8 Å². The Labute approximate surface area is 264 Å². The van der Waals surface area contributed by atoms with Crippen LogP contribution in [-0.4, -0.2) is 49.4 Å². The second kappa shape index (κ2) is 13.2. The summed E-state index contributed by atoms with van der Waals surface area (Å²) >= 11 is 5.29. The van der Waals surface area contributed by atoms with Crippen LogP contribution in [0.2, 0.25) is 0 Å². The highest BCUT2D eigenvalue weighted by Gasteiger charge is 2.30. The molecule has 0 spiro atoms. The van der Waals surface area contributed by atoms with Crippen molar-refractivity contribution in [1.29, 1.82) is 0 Å². The maximum Gasteiger partial charge on any atom is 0.257 e. The molecule has 0 radical (unpaired) electrons. The van der Waals surface area contributed by atoms with Crippen LogP contribution in [0.3, 0.4) is 0 Å². The molecule has 0 unspecified atom stereocenters. The van der Waals surface area contributed by atoms with Crippen molar-refractivity contribution in [2.75, 3.05) is 18.5 Å². The first-order valence-electron chi connectivity index (χ1n) is 13.4. The molecule has 6 rings (SSSR count). The number of amides is 1. The molecule has 8 nitrogen and oxygen atoms in total. The number of hydrogen-bond acceptors (Lipinski definition) is 8. The molecule has 5 aromatic rings. The number of nitrogens with one attached hydrogen (secondary N) is 1. The Morgan fingerprint density at radius 2 is 1.95 bits per heavy atom. The Balaban J connectivity index is 1.05. The fourth-order valence-electron chi connectivity index (χ4n) is 4.87. The molecule has 12 heteroatoms. The van der Waals surface area contributed by atoms with Gasteiger partial charge in [-0.15, -0.1) is 11.8 Å². The van der Waals surface area contributed by atoms with Crippen LogP contribution in [0.1, 0.15) is 40.6 Å². The van der Waals surface area contributed by atoms with E-state index in [0.717, 1.165) is 19.4 Å². The van der Waals surface area contributed by atoms with Crippen molar-refractivity contribution >= 4 is 66.9 Å². The number of para-hydroxylation sites is 1. The summed E-state index contributed by atoms with van der Waals surface area (Å²) in [5, 5.41) is 7.83. The minimum absolute atomic E-state index is 0.0609. The van der Waals surface area contributed by atoms with Gasteiger partial charge in [-0.1, -0.05) is 48.6 Å². The van der Waals surface area contributed by atoms with Gasteiger partial charge in [0.25, 0.3) is 5.91 Å². The zero-order valence-corrected chi connectivity index (χ0v) is 26.3. The molecule has 3 heterocycles. The standard InChI is InChI=1S/C30H27FIN5O3S2/c1-18(24(13-37-17-33-16-34-37)23-11-10-21(32)12-25(23)31)41-22-14-39-29(40-15-22)20-8-6-19(7-9-20)28(38)36-30-35-26-4-2-3-5-27(26)42-30/h2-12,16-18,22,24,29H,13-15H2,1H3,(H,35,36,38)/t18-,22?,24+,29?/m1/s1. The molecular formula is C30H27FIN5O3S2. The molecule has 0 aliphatic carbocycles. The molecule has 1 N–H and O–H groups in total. The lowest BCUT2D eigenvalue weighted by Gasteiger charge is -2.33. The predicted octanol–water partition coefficient (Wildman–Crippen LogP) is 6.90. The van der Waals surface area contributed by atoms with Gasteiger partial charge >= 0.3 is 0 Å². The van der Waals surface area contributed by atoms with E-state index in [4.69, 9.17) is 9.47 Å². The van der Waals surface area contributed by atoms with Gasteiger partial charge in [0.2, 0.25) is 0 Å². The Hall–Kier alpha value is -2.91. The van der Waals surface area contributed by atoms with Gasteiger partial charge < -0.3 is 9.47 Å². The van der Waals surface area contributed by atoms with Crippen molar-refractivity contribution in [3.63, 3.8) is 0 Å². The summed E-state index contributed by atoms with van der Waals surface area (Å²) in [5.74, 6) is -0.553. The summed E-state index contributed by atoms with van der Waals surface area (Å²) in [4.78, 5) is 21.3. The molecule has 1 saturated heterocycles. The van der Waals surface area contributed by atoms with E-state index in [-0.39, 0.29) is 28.1 Å². The predicted molar refractivity (Wildman–Crippen MR) is 171 cm³/mol. The number of carbonyl (C=O) groups excluding carboxylic acids is 1. The van der Waals surface area contributed by atoms with Crippen LogP contribution in [0.15, 0.2) is 79.4 Å². The molecule has 1 amide bonds. The van der Waals surface area contributed by atoms with Gasteiger partial charge in [-0.25, -0.2) is 14.4 Å². The van der Waals surface area contributed by atoms with E-state index in [1.165, 1.54) is 17.7 Å². The van der Waals surface area contributed by atoms with Crippen molar-refractivity contribution in [1.82, 2.24) is 19.7 Å². The minimum Gasteiger partial charge on any atom is -0.347 e. The van der Waals surface area contributed by atoms with E-state index in [1.54, 1.807) is 41.0 Å². The van der Waals surface area contributed by atoms with E-state index in [0.29, 0.717) is 36.0 Å². The first kappa shape index (κ1) is 29.2. The van der Waals surface area contributed by atoms with Gasteiger partial charge in [0.15, 0.2) is 11.4 Å². The third kappa shape index (κ3) is 6.83. The summed E-state index contributed by atoms with van der Waals surface area (Å²) in [7, 11) is 0. The van der Waals surface area contributed by atoms with Crippen molar-refractivity contribution < 1.29 is 18.7 Å². The number of nitrogens with zero attached hydrogens (tertiary/aromatic N) is 4. The fraction of sp³-hybridized carbons (Fsp3) is 0.267. The lowest BCUT2D eigenvalue weighted by Crippen LogP contribution is -2.32. The maximum atomic E-state index is 15.0. The van der Waals surface area contributed by atoms with Crippen LogP contribution in [0.4, 0.5) is 9.52 Å². The van der Waals surface area contributed by atoms with Gasteiger partial charge in [-0.2, -0.15) is 5.10 Å². The quantitative estimate of drug-likeness (QED) is 0.166. The number of aromatic nitrogens is 4. The van der Waals surface area contributed by atoms with Gasteiger partial charge in [0, 0.05) is 25.9 Å². The highest BCUT2D eigenvalue weighted by Crippen LogP contribution is 2.37. The number of hydrogen-bond donors (Lipinski definition) is 1. The number of fused-ring (bicyclic) bond motifs is 1. The monoisotopic (exact) mass is 715 g/mol. The smallest absolute Gasteiger partial charge is 0.257 e. The van der Waals surface area contributed by atoms with Crippen LogP contribution in [0, 0.1) is 9.39 Å². The topological polar surface area (TPSA) is 91.2 Å². The van der Waals surface area contributed by atoms with Crippen LogP contribution >= 0.6 is 45.7 Å². The first-order valence-corrected chi connectivity index (χ1v) is 16.2. The van der Waals surface area contributed by atoms with E-state index >= 15 is 4.39 Å². The van der Waals surface area contributed by atoms with E-state index in [9.17, 15) is 4.79 Å². The van der Waals surface area contributed by atoms with Crippen LogP contribution < -0.4 is 5.32 Å². The van der Waals surface area contributed by atoms with E-state index in [1.807, 2.05) is 48.5 Å². The van der Waals surface area contributed by atoms with Gasteiger partial charge in [0.1, 0.15) is 18.5 Å². The van der Waals surface area contributed by atoms with Crippen molar-refractivity contribution in [2.45, 2.75) is 36.2 Å². The molecule has 2 atom stereocenters. The lowest BCUT2D eigenvalue weighted by molar-refractivity contribution is -0.179. The summed E-state index contributed by atoms with van der Waals surface area (Å²) in [6.45, 7) is 3.60. The zero-order chi connectivity index (χ0) is 29.1. The largest absolute Gasteiger partial charge is 0.347 e. The molecule has 2 aromatic heterocycles. The van der Waals surface area contributed by atoms with E-state index < -0.39 is 6.29 Å². The highest BCUT2D eigenvalue weighted by atomic mass is 127. The molecule has 1 aliphatic heterocycles. The average molecular weight is 716 g/mol. The molecule has 1 aliphatic rings. The number of carbonyl (C=O) groups is 1. The van der Waals surface area contributed by atoms with Crippen molar-refractivity contribution in [2.24, 2.45) is 0 Å². The Bertz CT molecular complexity index is 1630. The van der Waals surface area contributed by atoms with Crippen molar-refractivity contribution in [3.8, 4) is 0 Å². The van der Waals surface area contributed by atoms with Crippen LogP contribution in [0.5, 0.6) is 0 Å². The Kier molecular flexibility index (Phi) is 9.14. The first-order chi connectivity index (χ1) is 20.4. The second-order valence-corrected chi connectivity index (χ2v) is 13.9. The fourth-order valence-corrected chi connectivity index (χ4v) is 7.53. The maximum absolute atomic E-state index is 15.0. The summed E-state index contributed by atoms with van der Waals surface area (Å²) < 4.78 is 30.8. The number of benzene rings is 3. The number of thioether (sulfide) groups is 1. The molecule has 3 aromatic carbocycles. The van der Waals surface area contributed by atoms with Gasteiger partial charge in [-0.05, 0) is 64.6 Å². The number of rotatable bonds is 9. The second-order valence-electron chi connectivity index (χ2n) is 9.91. The normalized spacial score (nSPS) is 18.5. The lowest BCUT2D eigenvalue weighted by atomic mass is 9.95. The SMILES string of the molecule is C[C@@H](SC1COC(c2ccc(C(=O)Nc3nc4ccccc4s3)cc2)OC1)[C@H](Cn1cncn1)c1ccc(I)cc1F. The number of thiazole rings is 1. The van der Waals surface area contributed by atoms with E-state index in [2.05, 4.69) is 49.9 Å². The number of ether oxygens (including phenoxy) is 2. The molecule has 216 valence electrons. The Morgan fingerprint density at radius 1 is 1.17 bits per heavy atom. The molecule has 0 bridgehead atoms. The van der Waals surface area contributed by atoms with Crippen LogP contribution in [0.25, 0.3) is 10.2 Å². The Morgan fingerprint density at radius 3 is 2.67 bits per heavy atom. The van der Waals surface area contributed by atoms with Crippen molar-refractivity contribution in [3.05, 3.63) is 105 Å². The molecule has 42 heavy (non-hydrogen) atoms. The molecule has 0 saturated carbocycles. The average Bonchev–Trinajstić information content (AvgIpc) is 3.66. The third-order valence-corrected chi connectivity index (χ3v) is 10.1. The molecule has 1 fully saturated rings. The molecular weight excluding hydrogens is 688 g/mol. The summed E-state index contributed by atoms with van der Waals surface area (Å²) in [5.41, 5.74) is 2.89. The zero-order valence-electron chi connectivity index (χ0n) is 22.5. The highest BCUT2D eigenvalue weighted by molar-refractivity contribution is 14.1. The minimum atomic E-state index is -0.516. The third-order valence-electron chi connectivity index (χ3n) is 7.01. The summed E-state index contributed by atoms with van der Waals surface area (Å²) in [6.07, 6.45) is 2.63. The van der Waals surface area contributed by atoms with Gasteiger partial charge in [0.05, 0.1) is 35.2 Å². The number of anilines is 1.